The Morgan fingerprint density at radius 2 is 1.64 bits per heavy atom. The molecule has 0 aliphatic carbocycles. The van der Waals surface area contributed by atoms with Gasteiger partial charge in [-0.15, -0.1) is 0 Å². The molecule has 1 unspecified atom stereocenters. The summed E-state index contributed by atoms with van der Waals surface area (Å²) in [5, 5.41) is 0.000000000000000222. The van der Waals surface area contributed by atoms with Crippen LogP contribution in [0.4, 0.5) is 0 Å². The van der Waals surface area contributed by atoms with Gasteiger partial charge in [0.05, 0.1) is 7.11 Å². The van der Waals surface area contributed by atoms with E-state index in [0.717, 1.165) is 0 Å². The first-order chi connectivity index (χ1) is 11.2. The van der Waals surface area contributed by atoms with E-state index in [9.17, 15) is 9.59 Å². The highest BCUT2D eigenvalue weighted by Gasteiger charge is 2.52. The Bertz CT molecular complexity index is 455. The average molecular weight is 376 g/mol. The molecule has 1 fully saturated rings. The van der Waals surface area contributed by atoms with Crippen molar-refractivity contribution in [1.29, 1.82) is 0 Å². The Labute approximate surface area is 158 Å². The van der Waals surface area contributed by atoms with Crippen molar-refractivity contribution in [2.75, 3.05) is 13.7 Å². The zero-order valence-corrected chi connectivity index (χ0v) is 18.1. The van der Waals surface area contributed by atoms with Crippen LogP contribution in [0.2, 0.25) is 0 Å². The number of rotatable bonds is 2. The molecule has 0 radical (unpaired) electrons. The number of amides is 1. The Kier molecular flexibility index (Phi) is 10.9. The smallest absolute Gasteiger partial charge is 0.329 e. The minimum Gasteiger partial charge on any atom is -0.467 e. The summed E-state index contributed by atoms with van der Waals surface area (Å²) in [6, 6.07) is -0.470. The number of hydrogen-bond acceptors (Lipinski definition) is 4. The van der Waals surface area contributed by atoms with Gasteiger partial charge in [-0.1, -0.05) is 55.4 Å². The number of ether oxygens (including phenoxy) is 1. The van der Waals surface area contributed by atoms with Crippen molar-refractivity contribution >= 4 is 29.2 Å². The zero-order valence-electron chi connectivity index (χ0n) is 17.3. The number of methoxy groups -OCH3 is 1. The Balaban J connectivity index is 0. The molecule has 7 heteroatoms. The van der Waals surface area contributed by atoms with Gasteiger partial charge in [-0.25, -0.2) is 4.79 Å². The molecule has 2 atom stereocenters. The maximum Gasteiger partial charge on any atom is 0.329 e. The topological polar surface area (TPSA) is 98.6 Å². The fourth-order valence-electron chi connectivity index (χ4n) is 2.65. The van der Waals surface area contributed by atoms with Crippen molar-refractivity contribution < 1.29 is 14.3 Å². The van der Waals surface area contributed by atoms with Crippen molar-refractivity contribution in [2.45, 2.75) is 67.9 Å². The van der Waals surface area contributed by atoms with Crippen LogP contribution in [-0.4, -0.2) is 41.6 Å². The van der Waals surface area contributed by atoms with Crippen LogP contribution in [0.1, 0.15) is 61.8 Å². The molecule has 4 N–H and O–H groups in total. The monoisotopic (exact) mass is 375 g/mol. The quantitative estimate of drug-likeness (QED) is 0.569. The van der Waals surface area contributed by atoms with E-state index in [4.69, 9.17) is 4.74 Å². The lowest BCUT2D eigenvalue weighted by Crippen LogP contribution is -2.47. The van der Waals surface area contributed by atoms with Gasteiger partial charge < -0.3 is 21.1 Å². The van der Waals surface area contributed by atoms with E-state index in [1.807, 2.05) is 48.5 Å². The second-order valence-corrected chi connectivity index (χ2v) is 8.31. The maximum atomic E-state index is 12.4. The number of nitrogens with two attached hydrogens (primary N) is 2. The summed E-state index contributed by atoms with van der Waals surface area (Å²) in [7, 11) is 1.38. The second-order valence-electron chi connectivity index (χ2n) is 7.83. The molecule has 0 bridgehead atoms. The number of carbonyl (C=O) groups excluding carboxylic acids is 2. The van der Waals surface area contributed by atoms with Gasteiger partial charge in [-0.2, -0.15) is 0 Å². The predicted octanol–water partition coefficient (Wildman–Crippen LogP) is 2.68. The molecule has 1 heterocycles. The zero-order chi connectivity index (χ0) is 20.6. The second kappa shape index (κ2) is 10.6. The number of carbonyl (C=O) groups is 2. The number of thiocarbonyl (C=S) groups is 1. The maximum absolute atomic E-state index is 12.4. The molecule has 6 nitrogen and oxygen atoms in total. The summed E-state index contributed by atoms with van der Waals surface area (Å²) < 4.78 is 4.90. The molecule has 0 aromatic heterocycles. The van der Waals surface area contributed by atoms with Crippen LogP contribution in [0.25, 0.3) is 0 Å². The van der Waals surface area contributed by atoms with Crippen LogP contribution < -0.4 is 11.5 Å². The van der Waals surface area contributed by atoms with Crippen molar-refractivity contribution in [3.05, 3.63) is 0 Å². The molecule has 1 rings (SSSR count). The Hall–Kier alpha value is -1.37. The standard InChI is InChI=1S/C15H27NO3.C2H6.CH4N2S/c1-10-9-16(11(17)8-14(2,3)4)12(13(18)19-7)15(10,5)6;1-2;2-1(3)4/h10,12H,8-9H2,1-7H3;1-2H3;(H4,2,3,4)/t10?,12-;;/m1../s1. The minimum atomic E-state index is -0.470. The third-order valence-corrected chi connectivity index (χ3v) is 4.18. The third kappa shape index (κ3) is 8.52. The van der Waals surface area contributed by atoms with Gasteiger partial charge in [0.1, 0.15) is 6.04 Å². The molecular formula is C18H37N3O3S. The first-order valence-electron chi connectivity index (χ1n) is 8.66. The minimum absolute atomic E-state index is 0.000000000000000222. The van der Waals surface area contributed by atoms with E-state index in [-0.39, 0.29) is 33.7 Å². The van der Waals surface area contributed by atoms with Crippen molar-refractivity contribution in [3.8, 4) is 0 Å². The van der Waals surface area contributed by atoms with E-state index in [2.05, 4.69) is 30.6 Å². The van der Waals surface area contributed by atoms with Gasteiger partial charge in [-0.3, -0.25) is 4.79 Å². The van der Waals surface area contributed by atoms with Gasteiger partial charge in [-0.05, 0) is 23.6 Å². The molecule has 1 aliphatic heterocycles. The fourth-order valence-corrected chi connectivity index (χ4v) is 2.65. The van der Waals surface area contributed by atoms with Crippen LogP contribution in [0.5, 0.6) is 0 Å². The third-order valence-electron chi connectivity index (χ3n) is 4.18. The summed E-state index contributed by atoms with van der Waals surface area (Å²) in [6.45, 7) is 16.9. The highest BCUT2D eigenvalue weighted by molar-refractivity contribution is 7.80. The highest BCUT2D eigenvalue weighted by Crippen LogP contribution is 2.42. The van der Waals surface area contributed by atoms with E-state index in [1.165, 1.54) is 7.11 Å². The van der Waals surface area contributed by atoms with Gasteiger partial charge in [0.2, 0.25) is 5.91 Å². The largest absolute Gasteiger partial charge is 0.467 e. The summed E-state index contributed by atoms with van der Waals surface area (Å²) in [4.78, 5) is 26.2. The number of likely N-dealkylation sites (tertiary alicyclic amines) is 1. The van der Waals surface area contributed by atoms with Crippen LogP contribution in [0.3, 0.4) is 0 Å². The van der Waals surface area contributed by atoms with E-state index in [1.54, 1.807) is 4.90 Å². The number of hydrogen-bond donors (Lipinski definition) is 2. The van der Waals surface area contributed by atoms with Crippen molar-refractivity contribution in [2.24, 2.45) is 28.2 Å². The molecular weight excluding hydrogens is 338 g/mol. The Morgan fingerprint density at radius 3 is 1.96 bits per heavy atom. The number of nitrogens with zero attached hydrogens (tertiary/aromatic N) is 1. The van der Waals surface area contributed by atoms with Crippen LogP contribution in [-0.2, 0) is 14.3 Å². The molecule has 148 valence electrons. The molecule has 1 aliphatic rings. The van der Waals surface area contributed by atoms with E-state index < -0.39 is 6.04 Å². The van der Waals surface area contributed by atoms with Crippen LogP contribution in [0, 0.1) is 16.7 Å². The fraction of sp³-hybridized carbons (Fsp3) is 0.833. The SMILES string of the molecule is CC.COC(=O)[C@H]1N(C(=O)CC(C)(C)C)CC(C)C1(C)C.NC(N)=S. The molecule has 0 spiro atoms. The molecule has 1 saturated heterocycles. The lowest BCUT2D eigenvalue weighted by atomic mass is 9.77. The molecule has 0 aromatic rings. The first kappa shape index (κ1) is 25.9. The molecule has 1 amide bonds. The first-order valence-corrected chi connectivity index (χ1v) is 9.07. The summed E-state index contributed by atoms with van der Waals surface area (Å²) in [5.41, 5.74) is 8.92. The van der Waals surface area contributed by atoms with Crippen molar-refractivity contribution in [3.63, 3.8) is 0 Å². The number of esters is 1. The van der Waals surface area contributed by atoms with Gasteiger partial charge in [0.15, 0.2) is 5.11 Å². The van der Waals surface area contributed by atoms with Crippen LogP contribution >= 0.6 is 12.2 Å². The predicted molar refractivity (Wildman–Crippen MR) is 107 cm³/mol. The highest BCUT2D eigenvalue weighted by atomic mass is 32.1. The van der Waals surface area contributed by atoms with E-state index >= 15 is 0 Å². The normalized spacial score (nSPS) is 21.2. The molecule has 0 saturated carbocycles. The van der Waals surface area contributed by atoms with Gasteiger partial charge in [0.25, 0.3) is 0 Å². The molecule has 25 heavy (non-hydrogen) atoms. The summed E-state index contributed by atoms with van der Waals surface area (Å²) in [5.74, 6) is 0.0115. The van der Waals surface area contributed by atoms with Crippen LogP contribution in [0.15, 0.2) is 0 Å². The molecule has 0 aromatic carbocycles. The van der Waals surface area contributed by atoms with Crippen molar-refractivity contribution in [1.82, 2.24) is 4.90 Å². The summed E-state index contributed by atoms with van der Waals surface area (Å²) >= 11 is 4.09. The van der Waals surface area contributed by atoms with E-state index in [0.29, 0.717) is 13.0 Å². The Morgan fingerprint density at radius 1 is 1.24 bits per heavy atom. The summed E-state index contributed by atoms with van der Waals surface area (Å²) in [6.07, 6.45) is 0.448. The lowest BCUT2D eigenvalue weighted by Gasteiger charge is -2.32. The lowest BCUT2D eigenvalue weighted by molar-refractivity contribution is -0.154. The van der Waals surface area contributed by atoms with Gasteiger partial charge in [0, 0.05) is 18.4 Å². The average Bonchev–Trinajstić information content (AvgIpc) is 2.69. The van der Waals surface area contributed by atoms with Gasteiger partial charge >= 0.3 is 5.97 Å².